The molecule has 0 spiro atoms. The number of rotatable bonds is 3. The molecule has 1 N–H and O–H groups in total. The van der Waals surface area contributed by atoms with Gasteiger partial charge in [0.15, 0.2) is 0 Å². The fourth-order valence-electron chi connectivity index (χ4n) is 1.31. The molecule has 3 heteroatoms. The van der Waals surface area contributed by atoms with Gasteiger partial charge >= 0.3 is 5.97 Å². The summed E-state index contributed by atoms with van der Waals surface area (Å²) in [6.07, 6.45) is -0.773. The van der Waals surface area contributed by atoms with Crippen LogP contribution in [0.25, 0.3) is 0 Å². The molecule has 3 nitrogen and oxygen atoms in total. The zero-order chi connectivity index (χ0) is 10.6. The van der Waals surface area contributed by atoms with Crippen molar-refractivity contribution in [2.45, 2.75) is 19.4 Å². The van der Waals surface area contributed by atoms with Gasteiger partial charge in [0, 0.05) is 0 Å². The van der Waals surface area contributed by atoms with Gasteiger partial charge in [0.05, 0.1) is 19.6 Å². The van der Waals surface area contributed by atoms with Gasteiger partial charge in [0.25, 0.3) is 0 Å². The number of hydrogen-bond donors (Lipinski definition) is 1. The van der Waals surface area contributed by atoms with Crippen LogP contribution in [-0.4, -0.2) is 18.2 Å². The summed E-state index contributed by atoms with van der Waals surface area (Å²) in [5.41, 5.74) is 1.75. The molecule has 0 radical (unpaired) electrons. The molecule has 76 valence electrons. The minimum Gasteiger partial charge on any atom is -0.469 e. The van der Waals surface area contributed by atoms with E-state index in [2.05, 4.69) is 4.74 Å². The summed E-state index contributed by atoms with van der Waals surface area (Å²) in [5, 5.41) is 9.70. The normalized spacial score (nSPS) is 12.2. The van der Waals surface area contributed by atoms with Crippen LogP contribution < -0.4 is 0 Å². The van der Waals surface area contributed by atoms with Crippen molar-refractivity contribution >= 4 is 5.97 Å². The fourth-order valence-corrected chi connectivity index (χ4v) is 1.31. The number of carbonyl (C=O) groups excluding carboxylic acids is 1. The van der Waals surface area contributed by atoms with E-state index in [0.717, 1.165) is 11.1 Å². The number of benzene rings is 1. The van der Waals surface area contributed by atoms with E-state index in [0.29, 0.717) is 0 Å². The quantitative estimate of drug-likeness (QED) is 0.743. The summed E-state index contributed by atoms with van der Waals surface area (Å²) in [5.74, 6) is -0.402. The highest BCUT2D eigenvalue weighted by atomic mass is 16.5. The molecule has 0 unspecified atom stereocenters. The second-order valence-electron chi connectivity index (χ2n) is 3.15. The largest absolute Gasteiger partial charge is 0.469 e. The van der Waals surface area contributed by atoms with Gasteiger partial charge < -0.3 is 9.84 Å². The van der Waals surface area contributed by atoms with Crippen LogP contribution in [0.1, 0.15) is 23.7 Å². The van der Waals surface area contributed by atoms with Crippen molar-refractivity contribution in [2.75, 3.05) is 7.11 Å². The number of methoxy groups -OCH3 is 1. The second-order valence-corrected chi connectivity index (χ2v) is 3.15. The van der Waals surface area contributed by atoms with E-state index < -0.39 is 12.1 Å². The first-order chi connectivity index (χ1) is 6.65. The van der Waals surface area contributed by atoms with Crippen LogP contribution >= 0.6 is 0 Å². The summed E-state index contributed by atoms with van der Waals surface area (Å²) >= 11 is 0. The van der Waals surface area contributed by atoms with Crippen molar-refractivity contribution < 1.29 is 14.6 Å². The SMILES string of the molecule is COC(=O)C[C@H](O)c1ccccc1C. The van der Waals surface area contributed by atoms with Crippen molar-refractivity contribution in [1.29, 1.82) is 0 Å². The highest BCUT2D eigenvalue weighted by molar-refractivity contribution is 5.70. The third-order valence-corrected chi connectivity index (χ3v) is 2.14. The standard InChI is InChI=1S/C11H14O3/c1-8-5-3-4-6-9(8)10(12)7-11(13)14-2/h3-6,10,12H,7H2,1-2H3/t10-/m0/s1. The topological polar surface area (TPSA) is 46.5 Å². The Bertz CT molecular complexity index is 320. The van der Waals surface area contributed by atoms with E-state index in [9.17, 15) is 9.90 Å². The Kier molecular flexibility index (Phi) is 3.65. The number of aryl methyl sites for hydroxylation is 1. The van der Waals surface area contributed by atoms with E-state index in [4.69, 9.17) is 0 Å². The zero-order valence-corrected chi connectivity index (χ0v) is 8.36. The Hall–Kier alpha value is -1.35. The molecule has 1 aromatic carbocycles. The number of hydrogen-bond acceptors (Lipinski definition) is 3. The van der Waals surface area contributed by atoms with Crippen LogP contribution in [-0.2, 0) is 9.53 Å². The summed E-state index contributed by atoms with van der Waals surface area (Å²) in [4.78, 5) is 10.9. The van der Waals surface area contributed by atoms with E-state index in [-0.39, 0.29) is 6.42 Å². The first kappa shape index (κ1) is 10.7. The number of ether oxygens (including phenoxy) is 1. The van der Waals surface area contributed by atoms with Crippen molar-refractivity contribution in [3.05, 3.63) is 35.4 Å². The molecule has 0 saturated heterocycles. The van der Waals surface area contributed by atoms with Gasteiger partial charge in [0.2, 0.25) is 0 Å². The highest BCUT2D eigenvalue weighted by Gasteiger charge is 2.14. The second kappa shape index (κ2) is 4.77. The molecular weight excluding hydrogens is 180 g/mol. The lowest BCUT2D eigenvalue weighted by molar-refractivity contribution is -0.142. The Morgan fingerprint density at radius 1 is 1.50 bits per heavy atom. The molecule has 0 aromatic heterocycles. The van der Waals surface area contributed by atoms with Crippen LogP contribution in [0.5, 0.6) is 0 Å². The minimum atomic E-state index is -0.774. The van der Waals surface area contributed by atoms with Gasteiger partial charge in [-0.25, -0.2) is 0 Å². The summed E-state index contributed by atoms with van der Waals surface area (Å²) in [6, 6.07) is 7.44. The first-order valence-corrected chi connectivity index (χ1v) is 4.45. The van der Waals surface area contributed by atoms with Gasteiger partial charge in [-0.1, -0.05) is 24.3 Å². The van der Waals surface area contributed by atoms with Crippen molar-refractivity contribution in [1.82, 2.24) is 0 Å². The van der Waals surface area contributed by atoms with Crippen LogP contribution in [0.4, 0.5) is 0 Å². The Labute approximate surface area is 83.3 Å². The Balaban J connectivity index is 2.74. The number of aliphatic hydroxyl groups is 1. The minimum absolute atomic E-state index is 0.00134. The van der Waals surface area contributed by atoms with E-state index in [1.54, 1.807) is 0 Å². The molecule has 0 aliphatic rings. The maximum Gasteiger partial charge on any atom is 0.308 e. The van der Waals surface area contributed by atoms with Crippen molar-refractivity contribution in [2.24, 2.45) is 0 Å². The maximum absolute atomic E-state index is 10.9. The third kappa shape index (κ3) is 2.57. The smallest absolute Gasteiger partial charge is 0.308 e. The van der Waals surface area contributed by atoms with Crippen LogP contribution in [0.2, 0.25) is 0 Å². The average Bonchev–Trinajstić information content (AvgIpc) is 2.18. The lowest BCUT2D eigenvalue weighted by Crippen LogP contribution is -2.08. The van der Waals surface area contributed by atoms with Gasteiger partial charge in [-0.2, -0.15) is 0 Å². The van der Waals surface area contributed by atoms with E-state index in [1.807, 2.05) is 31.2 Å². The Morgan fingerprint density at radius 3 is 2.71 bits per heavy atom. The molecule has 0 aliphatic heterocycles. The van der Waals surface area contributed by atoms with Gasteiger partial charge in [0.1, 0.15) is 0 Å². The molecule has 0 fully saturated rings. The lowest BCUT2D eigenvalue weighted by Gasteiger charge is -2.11. The van der Waals surface area contributed by atoms with Gasteiger partial charge in [-0.15, -0.1) is 0 Å². The fraction of sp³-hybridized carbons (Fsp3) is 0.364. The van der Waals surface area contributed by atoms with Crippen molar-refractivity contribution in [3.63, 3.8) is 0 Å². The predicted octanol–water partition coefficient (Wildman–Crippen LogP) is 1.59. The zero-order valence-electron chi connectivity index (χ0n) is 8.36. The molecule has 0 aliphatic carbocycles. The molecule has 1 rings (SSSR count). The molecule has 1 atom stereocenters. The Morgan fingerprint density at radius 2 is 2.14 bits per heavy atom. The van der Waals surface area contributed by atoms with Crippen LogP contribution in [0.3, 0.4) is 0 Å². The van der Waals surface area contributed by atoms with E-state index in [1.165, 1.54) is 7.11 Å². The number of esters is 1. The monoisotopic (exact) mass is 194 g/mol. The first-order valence-electron chi connectivity index (χ1n) is 4.45. The molecule has 0 bridgehead atoms. The summed E-state index contributed by atoms with van der Waals surface area (Å²) < 4.78 is 4.48. The molecule has 14 heavy (non-hydrogen) atoms. The molecule has 0 amide bonds. The van der Waals surface area contributed by atoms with E-state index >= 15 is 0 Å². The summed E-state index contributed by atoms with van der Waals surface area (Å²) in [6.45, 7) is 1.90. The molecular formula is C11H14O3. The van der Waals surface area contributed by atoms with Gasteiger partial charge in [-0.3, -0.25) is 4.79 Å². The molecule has 0 saturated carbocycles. The predicted molar refractivity (Wildman–Crippen MR) is 52.8 cm³/mol. The number of carbonyl (C=O) groups is 1. The third-order valence-electron chi connectivity index (χ3n) is 2.14. The van der Waals surface area contributed by atoms with Crippen LogP contribution in [0, 0.1) is 6.92 Å². The highest BCUT2D eigenvalue weighted by Crippen LogP contribution is 2.20. The lowest BCUT2D eigenvalue weighted by atomic mass is 10.0. The summed E-state index contributed by atoms with van der Waals surface area (Å²) in [7, 11) is 1.31. The van der Waals surface area contributed by atoms with Crippen molar-refractivity contribution in [3.8, 4) is 0 Å². The molecule has 0 heterocycles. The van der Waals surface area contributed by atoms with Crippen LogP contribution in [0.15, 0.2) is 24.3 Å². The average molecular weight is 194 g/mol. The number of aliphatic hydroxyl groups excluding tert-OH is 1. The molecule has 1 aromatic rings. The maximum atomic E-state index is 10.9. The van der Waals surface area contributed by atoms with Gasteiger partial charge in [-0.05, 0) is 18.1 Å².